The number of anilines is 2. The van der Waals surface area contributed by atoms with Gasteiger partial charge in [-0.15, -0.1) is 11.3 Å². The molecule has 0 radical (unpaired) electrons. The number of hydrogen-bond donors (Lipinski definition) is 2. The molecule has 9 nitrogen and oxygen atoms in total. The molecule has 0 unspecified atom stereocenters. The Labute approximate surface area is 234 Å². The number of nitrogens with one attached hydrogen (secondary N) is 2. The van der Waals surface area contributed by atoms with Crippen molar-refractivity contribution in [2.24, 2.45) is 0 Å². The van der Waals surface area contributed by atoms with Gasteiger partial charge in [0, 0.05) is 43.0 Å². The van der Waals surface area contributed by atoms with Gasteiger partial charge in [-0.2, -0.15) is 5.10 Å². The molecule has 1 saturated heterocycles. The molecule has 0 bridgehead atoms. The number of rotatable bonds is 7. The summed E-state index contributed by atoms with van der Waals surface area (Å²) in [7, 11) is 2.11. The molecule has 10 heteroatoms. The number of hydrogen-bond acceptors (Lipinski definition) is 8. The maximum atomic E-state index is 12.6. The van der Waals surface area contributed by atoms with Gasteiger partial charge in [0.1, 0.15) is 4.88 Å². The van der Waals surface area contributed by atoms with E-state index in [9.17, 15) is 4.79 Å². The quantitative estimate of drug-likeness (QED) is 0.312. The van der Waals surface area contributed by atoms with Gasteiger partial charge < -0.3 is 15.5 Å². The normalized spacial score (nSPS) is 13.8. The van der Waals surface area contributed by atoms with Gasteiger partial charge in [-0.1, -0.05) is 46.8 Å². The number of aromatic nitrogens is 5. The lowest BCUT2D eigenvalue weighted by Gasteiger charge is -2.36. The molecule has 1 aliphatic heterocycles. The predicted octanol–water partition coefficient (Wildman–Crippen LogP) is 5.59. The zero-order valence-electron chi connectivity index (χ0n) is 23.8. The fourth-order valence-electron chi connectivity index (χ4n) is 4.19. The Balaban J connectivity index is 0.00000172. The molecule has 0 saturated carbocycles. The van der Waals surface area contributed by atoms with Crippen LogP contribution >= 0.6 is 11.3 Å². The van der Waals surface area contributed by atoms with Crippen molar-refractivity contribution in [3.05, 3.63) is 70.1 Å². The van der Waals surface area contributed by atoms with Crippen LogP contribution in [0, 0.1) is 6.92 Å². The van der Waals surface area contributed by atoms with E-state index in [2.05, 4.69) is 64.5 Å². The van der Waals surface area contributed by atoms with Crippen molar-refractivity contribution in [1.29, 1.82) is 0 Å². The first kappa shape index (κ1) is 28.4. The highest BCUT2D eigenvalue weighted by molar-refractivity contribution is 7.13. The molecule has 206 valence electrons. The minimum absolute atomic E-state index is 0.0682. The number of aryl methyl sites for hydroxylation is 1. The first-order valence-electron chi connectivity index (χ1n) is 13.3. The SMILES string of the molecule is CC.Cc1cc(-c2ccnc(Nc3cnn(C4CN(C)C4)c3)n2)ccc1CNC(=O)c1cnc(C(C)(C)C)s1. The Morgan fingerprint density at radius 3 is 2.56 bits per heavy atom. The molecule has 1 aliphatic rings. The molecular weight excluding hydrogens is 508 g/mol. The largest absolute Gasteiger partial charge is 0.347 e. The Kier molecular flexibility index (Phi) is 8.76. The van der Waals surface area contributed by atoms with E-state index in [1.165, 1.54) is 11.3 Å². The van der Waals surface area contributed by atoms with Crippen LogP contribution in [0.4, 0.5) is 11.6 Å². The third-order valence-electron chi connectivity index (χ3n) is 6.38. The van der Waals surface area contributed by atoms with Crippen LogP contribution in [-0.4, -0.2) is 55.7 Å². The van der Waals surface area contributed by atoms with Crippen LogP contribution in [-0.2, 0) is 12.0 Å². The highest BCUT2D eigenvalue weighted by atomic mass is 32.1. The zero-order valence-corrected chi connectivity index (χ0v) is 24.6. The van der Waals surface area contributed by atoms with Gasteiger partial charge in [0.25, 0.3) is 5.91 Å². The molecule has 3 aromatic heterocycles. The second kappa shape index (κ2) is 12.0. The Morgan fingerprint density at radius 2 is 1.90 bits per heavy atom. The first-order valence-corrected chi connectivity index (χ1v) is 14.1. The summed E-state index contributed by atoms with van der Waals surface area (Å²) in [5.74, 6) is 0.423. The average Bonchev–Trinajstić information content (AvgIpc) is 3.58. The van der Waals surface area contributed by atoms with Crippen LogP contribution < -0.4 is 10.6 Å². The van der Waals surface area contributed by atoms with Gasteiger partial charge in [-0.05, 0) is 37.2 Å². The third kappa shape index (κ3) is 6.88. The molecule has 2 N–H and O–H groups in total. The monoisotopic (exact) mass is 546 g/mol. The van der Waals surface area contributed by atoms with Crippen LogP contribution in [0.5, 0.6) is 0 Å². The molecule has 0 atom stereocenters. The van der Waals surface area contributed by atoms with E-state index in [0.717, 1.165) is 46.2 Å². The fraction of sp³-hybridized carbons (Fsp3) is 0.414. The van der Waals surface area contributed by atoms with Crippen molar-refractivity contribution in [1.82, 2.24) is 34.9 Å². The van der Waals surface area contributed by atoms with Gasteiger partial charge in [0.2, 0.25) is 5.95 Å². The van der Waals surface area contributed by atoms with Crippen LogP contribution in [0.15, 0.2) is 49.1 Å². The molecule has 4 aromatic rings. The summed E-state index contributed by atoms with van der Waals surface area (Å²) in [5, 5.41) is 11.7. The van der Waals surface area contributed by atoms with E-state index in [1.54, 1.807) is 18.6 Å². The molecule has 5 rings (SSSR count). The number of likely N-dealkylation sites (N-methyl/N-ethyl adjacent to an activating group) is 1. The smallest absolute Gasteiger partial charge is 0.263 e. The Hall–Kier alpha value is -3.63. The lowest BCUT2D eigenvalue weighted by molar-refractivity contribution is 0.0954. The van der Waals surface area contributed by atoms with Crippen molar-refractivity contribution in [2.45, 2.75) is 59.5 Å². The van der Waals surface area contributed by atoms with E-state index >= 15 is 0 Å². The van der Waals surface area contributed by atoms with Crippen LogP contribution in [0.25, 0.3) is 11.3 Å². The minimum atomic E-state index is -0.101. The van der Waals surface area contributed by atoms with Crippen LogP contribution in [0.3, 0.4) is 0 Å². The molecule has 1 aromatic carbocycles. The summed E-state index contributed by atoms with van der Waals surface area (Å²) in [5.41, 5.74) is 4.74. The maximum absolute atomic E-state index is 12.6. The van der Waals surface area contributed by atoms with E-state index in [4.69, 9.17) is 4.98 Å². The van der Waals surface area contributed by atoms with Crippen molar-refractivity contribution in [3.8, 4) is 11.3 Å². The number of likely N-dealkylation sites (tertiary alicyclic amines) is 1. The number of amides is 1. The van der Waals surface area contributed by atoms with Crippen molar-refractivity contribution in [2.75, 3.05) is 25.5 Å². The predicted molar refractivity (Wildman–Crippen MR) is 158 cm³/mol. The maximum Gasteiger partial charge on any atom is 0.263 e. The van der Waals surface area contributed by atoms with Crippen molar-refractivity contribution < 1.29 is 4.79 Å². The van der Waals surface area contributed by atoms with Gasteiger partial charge in [-0.3, -0.25) is 9.48 Å². The molecule has 0 aliphatic carbocycles. The standard InChI is InChI=1S/C27H32N8OS.C2H6/c1-17-10-18(6-7-19(17)11-29-24(36)23-13-30-25(37-23)27(2,3)4)22-8-9-28-26(33-22)32-20-12-31-35(14-20)21-15-34(5)16-21;1-2/h6-10,12-14,21H,11,15-16H2,1-5H3,(H,29,36)(H,28,32,33);1-2H3. The van der Waals surface area contributed by atoms with E-state index < -0.39 is 0 Å². The lowest BCUT2D eigenvalue weighted by atomic mass is 9.98. The summed E-state index contributed by atoms with van der Waals surface area (Å²) in [4.78, 5) is 29.0. The second-order valence-corrected chi connectivity index (χ2v) is 11.6. The number of carbonyl (C=O) groups is 1. The van der Waals surface area contributed by atoms with E-state index in [0.29, 0.717) is 23.4 Å². The number of nitrogens with zero attached hydrogens (tertiary/aromatic N) is 6. The number of carbonyl (C=O) groups excluding carboxylic acids is 1. The fourth-order valence-corrected chi connectivity index (χ4v) is 5.08. The minimum Gasteiger partial charge on any atom is -0.347 e. The molecule has 1 fully saturated rings. The zero-order chi connectivity index (χ0) is 28.2. The number of benzene rings is 1. The molecular formula is C29H38N8OS. The second-order valence-electron chi connectivity index (χ2n) is 10.6. The van der Waals surface area contributed by atoms with Gasteiger partial charge >= 0.3 is 0 Å². The molecule has 4 heterocycles. The third-order valence-corrected chi connectivity index (χ3v) is 7.80. The summed E-state index contributed by atoms with van der Waals surface area (Å²) in [6, 6.07) is 8.46. The summed E-state index contributed by atoms with van der Waals surface area (Å²) in [6.45, 7) is 14.8. The highest BCUT2D eigenvalue weighted by Crippen LogP contribution is 2.27. The van der Waals surface area contributed by atoms with Crippen LogP contribution in [0.2, 0.25) is 0 Å². The van der Waals surface area contributed by atoms with Crippen molar-refractivity contribution >= 4 is 28.9 Å². The first-order chi connectivity index (χ1) is 18.7. The van der Waals surface area contributed by atoms with Gasteiger partial charge in [0.15, 0.2) is 0 Å². The van der Waals surface area contributed by atoms with Crippen molar-refractivity contribution in [3.63, 3.8) is 0 Å². The average molecular weight is 547 g/mol. The van der Waals surface area contributed by atoms with Gasteiger partial charge in [0.05, 0.1) is 34.8 Å². The van der Waals surface area contributed by atoms with Crippen LogP contribution in [0.1, 0.15) is 66.5 Å². The summed E-state index contributed by atoms with van der Waals surface area (Å²) < 4.78 is 1.99. The summed E-state index contributed by atoms with van der Waals surface area (Å²) >= 11 is 1.45. The van der Waals surface area contributed by atoms with E-state index in [-0.39, 0.29) is 11.3 Å². The highest BCUT2D eigenvalue weighted by Gasteiger charge is 2.25. The Morgan fingerprint density at radius 1 is 1.13 bits per heavy atom. The lowest BCUT2D eigenvalue weighted by Crippen LogP contribution is -2.45. The molecule has 0 spiro atoms. The topological polar surface area (TPSA) is 101 Å². The number of thiazole rings is 1. The van der Waals surface area contributed by atoms with E-state index in [1.807, 2.05) is 49.8 Å². The molecule has 39 heavy (non-hydrogen) atoms. The van der Waals surface area contributed by atoms with Gasteiger partial charge in [-0.25, -0.2) is 15.0 Å². The summed E-state index contributed by atoms with van der Waals surface area (Å²) in [6.07, 6.45) is 7.21. The Bertz CT molecular complexity index is 1410. The molecule has 1 amide bonds.